The Morgan fingerprint density at radius 3 is 2.69 bits per heavy atom. The molecule has 1 aliphatic heterocycles. The smallest absolute Gasteiger partial charge is 0.215 e. The van der Waals surface area contributed by atoms with Crippen molar-refractivity contribution in [2.75, 3.05) is 12.3 Å². The van der Waals surface area contributed by atoms with E-state index in [1.54, 1.807) is 0 Å². The van der Waals surface area contributed by atoms with Crippen LogP contribution in [0.1, 0.15) is 32.6 Å². The van der Waals surface area contributed by atoms with Gasteiger partial charge in [0.2, 0.25) is 10.0 Å². The Kier molecular flexibility index (Phi) is 3.70. The summed E-state index contributed by atoms with van der Waals surface area (Å²) in [5, 5.41) is 0. The predicted octanol–water partition coefficient (Wildman–Crippen LogP) is 0.497. The van der Waals surface area contributed by atoms with Gasteiger partial charge in [-0.1, -0.05) is 6.92 Å². The molecule has 1 aliphatic rings. The highest BCUT2D eigenvalue weighted by Crippen LogP contribution is 2.17. The molecule has 13 heavy (non-hydrogen) atoms. The molecular formula is C8H18N2O2S. The number of sulfonamides is 1. The molecule has 0 bridgehead atoms. The van der Waals surface area contributed by atoms with Crippen LogP contribution in [-0.2, 0) is 10.0 Å². The molecule has 0 aromatic carbocycles. The second-order valence-electron chi connectivity index (χ2n) is 3.49. The van der Waals surface area contributed by atoms with Crippen LogP contribution in [0.5, 0.6) is 0 Å². The van der Waals surface area contributed by atoms with Gasteiger partial charge in [-0.3, -0.25) is 0 Å². The summed E-state index contributed by atoms with van der Waals surface area (Å²) in [6.07, 6.45) is 3.15. The molecule has 0 amide bonds. The maximum Gasteiger partial charge on any atom is 0.215 e. The van der Waals surface area contributed by atoms with E-state index in [1.165, 1.54) is 4.31 Å². The van der Waals surface area contributed by atoms with Gasteiger partial charge in [-0.2, -0.15) is 4.31 Å². The van der Waals surface area contributed by atoms with Crippen molar-refractivity contribution < 1.29 is 8.42 Å². The SMILES string of the molecule is CCCS(=O)(=O)N1CCCCC1N. The topological polar surface area (TPSA) is 63.4 Å². The molecule has 78 valence electrons. The third-order valence-corrected chi connectivity index (χ3v) is 4.41. The summed E-state index contributed by atoms with van der Waals surface area (Å²) in [5.41, 5.74) is 5.74. The number of rotatable bonds is 3. The first-order valence-corrected chi connectivity index (χ1v) is 6.44. The van der Waals surface area contributed by atoms with Gasteiger partial charge < -0.3 is 5.73 Å². The average Bonchev–Trinajstić information content (AvgIpc) is 2.04. The van der Waals surface area contributed by atoms with Crippen molar-refractivity contribution in [2.24, 2.45) is 5.73 Å². The molecule has 4 nitrogen and oxygen atoms in total. The monoisotopic (exact) mass is 206 g/mol. The standard InChI is InChI=1S/C8H18N2O2S/c1-2-7-13(11,12)10-6-4-3-5-8(10)9/h8H,2-7,9H2,1H3. The summed E-state index contributed by atoms with van der Waals surface area (Å²) in [6, 6.07) is 0. The zero-order chi connectivity index (χ0) is 9.90. The molecule has 1 rings (SSSR count). The fourth-order valence-electron chi connectivity index (χ4n) is 1.65. The first-order chi connectivity index (χ1) is 6.08. The molecule has 0 radical (unpaired) electrons. The molecular weight excluding hydrogens is 188 g/mol. The minimum absolute atomic E-state index is 0.223. The zero-order valence-corrected chi connectivity index (χ0v) is 8.89. The lowest BCUT2D eigenvalue weighted by atomic mass is 10.1. The van der Waals surface area contributed by atoms with E-state index < -0.39 is 10.0 Å². The molecule has 1 saturated heterocycles. The van der Waals surface area contributed by atoms with E-state index >= 15 is 0 Å². The maximum atomic E-state index is 11.6. The Hall–Kier alpha value is -0.130. The lowest BCUT2D eigenvalue weighted by Gasteiger charge is -2.31. The van der Waals surface area contributed by atoms with Crippen LogP contribution in [0.25, 0.3) is 0 Å². The number of nitrogens with two attached hydrogens (primary N) is 1. The summed E-state index contributed by atoms with van der Waals surface area (Å²) >= 11 is 0. The lowest BCUT2D eigenvalue weighted by molar-refractivity contribution is 0.258. The van der Waals surface area contributed by atoms with Crippen LogP contribution in [0.15, 0.2) is 0 Å². The Morgan fingerprint density at radius 1 is 1.46 bits per heavy atom. The Balaban J connectivity index is 2.68. The van der Waals surface area contributed by atoms with Gasteiger partial charge in [-0.15, -0.1) is 0 Å². The quantitative estimate of drug-likeness (QED) is 0.731. The van der Waals surface area contributed by atoms with E-state index in [2.05, 4.69) is 0 Å². The van der Waals surface area contributed by atoms with Gasteiger partial charge >= 0.3 is 0 Å². The summed E-state index contributed by atoms with van der Waals surface area (Å²) < 4.78 is 24.7. The summed E-state index contributed by atoms with van der Waals surface area (Å²) in [7, 11) is -3.07. The van der Waals surface area contributed by atoms with Gasteiger partial charge in [0.15, 0.2) is 0 Å². The number of hydrogen-bond acceptors (Lipinski definition) is 3. The van der Waals surface area contributed by atoms with E-state index in [1.807, 2.05) is 6.92 Å². The Labute approximate surface area is 80.1 Å². The fraction of sp³-hybridized carbons (Fsp3) is 1.00. The summed E-state index contributed by atoms with van der Waals surface area (Å²) in [5.74, 6) is 0.223. The highest BCUT2D eigenvalue weighted by molar-refractivity contribution is 7.89. The largest absolute Gasteiger partial charge is 0.315 e. The van der Waals surface area contributed by atoms with Crippen molar-refractivity contribution >= 4 is 10.0 Å². The molecule has 1 atom stereocenters. The molecule has 1 unspecified atom stereocenters. The van der Waals surface area contributed by atoms with Crippen LogP contribution in [0.3, 0.4) is 0 Å². The third-order valence-electron chi connectivity index (χ3n) is 2.32. The van der Waals surface area contributed by atoms with Crippen LogP contribution in [0.4, 0.5) is 0 Å². The van der Waals surface area contributed by atoms with Gasteiger partial charge in [0.05, 0.1) is 11.9 Å². The van der Waals surface area contributed by atoms with Gasteiger partial charge in [-0.05, 0) is 25.7 Å². The van der Waals surface area contributed by atoms with Crippen molar-refractivity contribution in [3.05, 3.63) is 0 Å². The van der Waals surface area contributed by atoms with Gasteiger partial charge in [-0.25, -0.2) is 8.42 Å². The zero-order valence-electron chi connectivity index (χ0n) is 8.07. The third kappa shape index (κ3) is 2.65. The van der Waals surface area contributed by atoms with E-state index in [9.17, 15) is 8.42 Å². The van der Waals surface area contributed by atoms with Gasteiger partial charge in [0.25, 0.3) is 0 Å². The molecule has 2 N–H and O–H groups in total. The number of nitrogens with zero attached hydrogens (tertiary/aromatic N) is 1. The number of hydrogen-bond donors (Lipinski definition) is 1. The first-order valence-electron chi connectivity index (χ1n) is 4.83. The van der Waals surface area contributed by atoms with Crippen molar-refractivity contribution in [1.82, 2.24) is 4.31 Å². The van der Waals surface area contributed by atoms with Crippen LogP contribution >= 0.6 is 0 Å². The lowest BCUT2D eigenvalue weighted by Crippen LogP contribution is -2.49. The molecule has 5 heteroatoms. The molecule has 1 fully saturated rings. The second kappa shape index (κ2) is 4.39. The predicted molar refractivity (Wildman–Crippen MR) is 52.6 cm³/mol. The highest BCUT2D eigenvalue weighted by Gasteiger charge is 2.28. The first kappa shape index (κ1) is 10.9. The van der Waals surface area contributed by atoms with Crippen LogP contribution in [-0.4, -0.2) is 31.2 Å². The molecule has 0 spiro atoms. The van der Waals surface area contributed by atoms with Crippen molar-refractivity contribution in [2.45, 2.75) is 38.8 Å². The van der Waals surface area contributed by atoms with Crippen LogP contribution < -0.4 is 5.73 Å². The summed E-state index contributed by atoms with van der Waals surface area (Å²) in [4.78, 5) is 0. The minimum atomic E-state index is -3.07. The second-order valence-corrected chi connectivity index (χ2v) is 5.53. The molecule has 0 aromatic heterocycles. The minimum Gasteiger partial charge on any atom is -0.315 e. The van der Waals surface area contributed by atoms with E-state index in [4.69, 9.17) is 5.73 Å². The van der Waals surface area contributed by atoms with Crippen molar-refractivity contribution in [1.29, 1.82) is 0 Å². The van der Waals surface area contributed by atoms with Gasteiger partial charge in [0, 0.05) is 6.54 Å². The molecule has 1 heterocycles. The Morgan fingerprint density at radius 2 is 2.15 bits per heavy atom. The van der Waals surface area contributed by atoms with Crippen molar-refractivity contribution in [3.8, 4) is 0 Å². The van der Waals surface area contributed by atoms with E-state index in [0.717, 1.165) is 19.3 Å². The van der Waals surface area contributed by atoms with E-state index in [0.29, 0.717) is 13.0 Å². The normalized spacial score (nSPS) is 26.2. The number of piperidine rings is 1. The Bertz CT molecular complexity index is 251. The van der Waals surface area contributed by atoms with Crippen LogP contribution in [0.2, 0.25) is 0 Å². The molecule has 0 aliphatic carbocycles. The van der Waals surface area contributed by atoms with E-state index in [-0.39, 0.29) is 11.9 Å². The maximum absolute atomic E-state index is 11.6. The fourth-order valence-corrected chi connectivity index (χ4v) is 3.33. The van der Waals surface area contributed by atoms with Gasteiger partial charge in [0.1, 0.15) is 0 Å². The molecule has 0 saturated carbocycles. The van der Waals surface area contributed by atoms with Crippen molar-refractivity contribution in [3.63, 3.8) is 0 Å². The highest BCUT2D eigenvalue weighted by atomic mass is 32.2. The molecule has 0 aromatic rings. The van der Waals surface area contributed by atoms with Crippen LogP contribution in [0, 0.1) is 0 Å². The average molecular weight is 206 g/mol. The summed E-state index contributed by atoms with van der Waals surface area (Å²) in [6.45, 7) is 2.47.